The summed E-state index contributed by atoms with van der Waals surface area (Å²) in [6, 6.07) is 25.9. The van der Waals surface area contributed by atoms with Gasteiger partial charge in [0.05, 0.1) is 6.04 Å². The van der Waals surface area contributed by atoms with E-state index in [0.29, 0.717) is 6.61 Å². The number of carbonyl (C=O) groups is 1. The van der Waals surface area contributed by atoms with Crippen LogP contribution in [0.1, 0.15) is 48.3 Å². The Morgan fingerprint density at radius 3 is 2.47 bits per heavy atom. The predicted molar refractivity (Wildman–Crippen MR) is 143 cm³/mol. The average molecular weight is 473 g/mol. The van der Waals surface area contributed by atoms with E-state index < -0.39 is 0 Å². The first-order valence-electron chi connectivity index (χ1n) is 12.9. The highest BCUT2D eigenvalue weighted by atomic mass is 16.6. The van der Waals surface area contributed by atoms with Gasteiger partial charge in [0.1, 0.15) is 6.61 Å². The van der Waals surface area contributed by atoms with Gasteiger partial charge in [-0.1, -0.05) is 66.7 Å². The van der Waals surface area contributed by atoms with Gasteiger partial charge in [-0.3, -0.25) is 9.88 Å². The molecule has 1 saturated heterocycles. The summed E-state index contributed by atoms with van der Waals surface area (Å²) in [7, 11) is 0. The lowest BCUT2D eigenvalue weighted by Gasteiger charge is -2.44. The molecule has 3 heterocycles. The monoisotopic (exact) mass is 472 g/mol. The first-order chi connectivity index (χ1) is 17.8. The molecule has 1 amide bonds. The Bertz CT molecular complexity index is 1460. The number of pyridine rings is 1. The quantitative estimate of drug-likeness (QED) is 0.317. The fourth-order valence-electron chi connectivity index (χ4n) is 6.48. The molecule has 1 fully saturated rings. The number of carbonyl (C=O) groups excluding carboxylic acids is 1. The molecule has 36 heavy (non-hydrogen) atoms. The van der Waals surface area contributed by atoms with Crippen molar-refractivity contribution in [3.63, 3.8) is 0 Å². The molecule has 0 spiro atoms. The van der Waals surface area contributed by atoms with E-state index in [-0.39, 0.29) is 24.1 Å². The molecule has 0 radical (unpaired) electrons. The normalized spacial score (nSPS) is 20.6. The zero-order valence-corrected chi connectivity index (χ0v) is 20.1. The van der Waals surface area contributed by atoms with Crippen molar-refractivity contribution < 1.29 is 9.53 Å². The van der Waals surface area contributed by atoms with Gasteiger partial charge in [0.25, 0.3) is 0 Å². The fraction of sp³-hybridized carbons (Fsp3) is 0.250. The molecule has 4 nitrogen and oxygen atoms in total. The molecular weight excluding hydrogens is 444 g/mol. The van der Waals surface area contributed by atoms with E-state index in [0.717, 1.165) is 31.1 Å². The molecule has 4 heteroatoms. The lowest BCUT2D eigenvalue weighted by Crippen LogP contribution is -2.51. The van der Waals surface area contributed by atoms with Crippen molar-refractivity contribution in [2.75, 3.05) is 6.61 Å². The van der Waals surface area contributed by atoms with E-state index in [4.69, 9.17) is 4.74 Å². The Labute approximate surface area is 211 Å². The van der Waals surface area contributed by atoms with Gasteiger partial charge in [-0.05, 0) is 76.6 Å². The number of benzene rings is 3. The van der Waals surface area contributed by atoms with Crippen LogP contribution in [0.3, 0.4) is 0 Å². The average Bonchev–Trinajstić information content (AvgIpc) is 3.24. The van der Waals surface area contributed by atoms with Crippen LogP contribution in [0.4, 0.5) is 4.79 Å². The SMILES string of the molecule is O=C(OCC1c2ccccc2-c2ccccc21)N1C2C=C(c3ccc4cnccc4c3)CC1CCC2. The van der Waals surface area contributed by atoms with Gasteiger partial charge < -0.3 is 4.74 Å². The summed E-state index contributed by atoms with van der Waals surface area (Å²) < 4.78 is 6.06. The number of hydrogen-bond donors (Lipinski definition) is 0. The van der Waals surface area contributed by atoms with Crippen LogP contribution in [0.25, 0.3) is 27.5 Å². The molecule has 2 aliphatic heterocycles. The zero-order valence-electron chi connectivity index (χ0n) is 20.1. The van der Waals surface area contributed by atoms with Crippen LogP contribution in [-0.4, -0.2) is 34.7 Å². The number of hydrogen-bond acceptors (Lipinski definition) is 3. The smallest absolute Gasteiger partial charge is 0.410 e. The van der Waals surface area contributed by atoms with Crippen molar-refractivity contribution in [1.29, 1.82) is 0 Å². The summed E-state index contributed by atoms with van der Waals surface area (Å²) in [5, 5.41) is 2.35. The Kier molecular flexibility index (Phi) is 5.12. The van der Waals surface area contributed by atoms with Crippen LogP contribution in [0, 0.1) is 0 Å². The molecule has 3 aromatic carbocycles. The Morgan fingerprint density at radius 1 is 0.917 bits per heavy atom. The molecule has 2 unspecified atom stereocenters. The molecule has 0 saturated carbocycles. The molecule has 1 aliphatic carbocycles. The maximum Gasteiger partial charge on any atom is 0.410 e. The molecule has 2 atom stereocenters. The first kappa shape index (κ1) is 21.4. The van der Waals surface area contributed by atoms with Gasteiger partial charge in [-0.25, -0.2) is 4.79 Å². The number of ether oxygens (including phenoxy) is 1. The molecular formula is C32H28N2O2. The second kappa shape index (κ2) is 8.63. The van der Waals surface area contributed by atoms with E-state index in [2.05, 4.69) is 83.9 Å². The predicted octanol–water partition coefficient (Wildman–Crippen LogP) is 7.19. The van der Waals surface area contributed by atoms with Crippen molar-refractivity contribution in [2.45, 2.75) is 43.7 Å². The number of nitrogens with zero attached hydrogens (tertiary/aromatic N) is 2. The lowest BCUT2D eigenvalue weighted by molar-refractivity contribution is 0.0539. The van der Waals surface area contributed by atoms with E-state index >= 15 is 0 Å². The number of fused-ring (bicyclic) bond motifs is 6. The van der Waals surface area contributed by atoms with Crippen molar-refractivity contribution >= 4 is 22.4 Å². The van der Waals surface area contributed by atoms with Crippen LogP contribution in [0.15, 0.2) is 91.3 Å². The minimum Gasteiger partial charge on any atom is -0.448 e. The molecule has 3 aliphatic rings. The maximum atomic E-state index is 13.5. The van der Waals surface area contributed by atoms with E-state index in [9.17, 15) is 4.79 Å². The molecule has 2 bridgehead atoms. The second-order valence-electron chi connectivity index (χ2n) is 10.2. The van der Waals surface area contributed by atoms with Gasteiger partial charge in [0.2, 0.25) is 0 Å². The third-order valence-corrected chi connectivity index (χ3v) is 8.20. The summed E-state index contributed by atoms with van der Waals surface area (Å²) in [6.07, 6.45) is 9.91. The van der Waals surface area contributed by atoms with Gasteiger partial charge in [-0.15, -0.1) is 0 Å². The molecule has 7 rings (SSSR count). The molecule has 0 N–H and O–H groups in total. The summed E-state index contributed by atoms with van der Waals surface area (Å²) in [4.78, 5) is 19.7. The highest BCUT2D eigenvalue weighted by Gasteiger charge is 2.39. The zero-order chi connectivity index (χ0) is 24.1. The van der Waals surface area contributed by atoms with Crippen molar-refractivity contribution in [1.82, 2.24) is 9.88 Å². The maximum absolute atomic E-state index is 13.5. The van der Waals surface area contributed by atoms with Crippen LogP contribution >= 0.6 is 0 Å². The number of aromatic nitrogens is 1. The summed E-state index contributed by atoms with van der Waals surface area (Å²) >= 11 is 0. The van der Waals surface area contributed by atoms with Crippen LogP contribution in [-0.2, 0) is 4.74 Å². The largest absolute Gasteiger partial charge is 0.448 e. The van der Waals surface area contributed by atoms with Gasteiger partial charge >= 0.3 is 6.09 Å². The second-order valence-corrected chi connectivity index (χ2v) is 10.2. The standard InChI is InChI=1S/C32H28N2O2/c35-32(36-20-31-29-10-3-1-8-27(29)28-9-2-4-11-30(28)31)34-25-6-5-7-26(34)18-24(17-25)21-12-13-23-19-33-15-14-22(23)16-21/h1-4,8-17,19,25-26,31H,5-7,18,20H2. The highest BCUT2D eigenvalue weighted by molar-refractivity contribution is 5.86. The molecule has 1 aromatic heterocycles. The Balaban J connectivity index is 1.12. The Hall–Kier alpha value is -3.92. The van der Waals surface area contributed by atoms with E-state index in [1.165, 1.54) is 38.8 Å². The third-order valence-electron chi connectivity index (χ3n) is 8.20. The van der Waals surface area contributed by atoms with Crippen molar-refractivity contribution in [3.05, 3.63) is 108 Å². The Morgan fingerprint density at radius 2 is 1.69 bits per heavy atom. The number of rotatable bonds is 3. The van der Waals surface area contributed by atoms with Gasteiger partial charge in [0.15, 0.2) is 0 Å². The topological polar surface area (TPSA) is 42.4 Å². The van der Waals surface area contributed by atoms with Crippen molar-refractivity contribution in [2.24, 2.45) is 0 Å². The van der Waals surface area contributed by atoms with Crippen LogP contribution in [0.5, 0.6) is 0 Å². The third kappa shape index (κ3) is 3.51. The minimum absolute atomic E-state index is 0.0872. The number of piperidine rings is 1. The number of amides is 1. The van der Waals surface area contributed by atoms with E-state index in [1.54, 1.807) is 0 Å². The minimum atomic E-state index is -0.175. The van der Waals surface area contributed by atoms with Gasteiger partial charge in [-0.2, -0.15) is 0 Å². The first-order valence-corrected chi connectivity index (χ1v) is 12.9. The summed E-state index contributed by atoms with van der Waals surface area (Å²) in [5.74, 6) is 0.0872. The van der Waals surface area contributed by atoms with Crippen LogP contribution in [0.2, 0.25) is 0 Å². The van der Waals surface area contributed by atoms with Crippen LogP contribution < -0.4 is 0 Å². The summed E-state index contributed by atoms with van der Waals surface area (Å²) in [5.41, 5.74) is 7.59. The molecule has 4 aromatic rings. The van der Waals surface area contributed by atoms with E-state index in [1.807, 2.05) is 17.3 Å². The fourth-order valence-corrected chi connectivity index (χ4v) is 6.48. The summed E-state index contributed by atoms with van der Waals surface area (Å²) in [6.45, 7) is 0.373. The lowest BCUT2D eigenvalue weighted by atomic mass is 9.83. The highest BCUT2D eigenvalue weighted by Crippen LogP contribution is 2.45. The van der Waals surface area contributed by atoms with Gasteiger partial charge in [0, 0.05) is 29.7 Å². The van der Waals surface area contributed by atoms with Crippen molar-refractivity contribution in [3.8, 4) is 11.1 Å². The molecule has 178 valence electrons.